The van der Waals surface area contributed by atoms with Gasteiger partial charge in [0.15, 0.2) is 0 Å². The number of hydrogen-bond donors (Lipinski definition) is 1. The molecule has 0 saturated carbocycles. The highest BCUT2D eigenvalue weighted by atomic mass is 35.5. The molecule has 1 heterocycles. The summed E-state index contributed by atoms with van der Waals surface area (Å²) in [5.74, 6) is -0.764. The van der Waals surface area contributed by atoms with Crippen molar-refractivity contribution in [3.8, 4) is 5.69 Å². The Morgan fingerprint density at radius 1 is 1.19 bits per heavy atom. The van der Waals surface area contributed by atoms with Crippen molar-refractivity contribution >= 4 is 33.1 Å². The van der Waals surface area contributed by atoms with E-state index >= 15 is 0 Å². The molecular weight excluding hydrogens is 390 g/mol. The number of nitrogens with one attached hydrogen (secondary N) is 1. The number of hydrogen-bond acceptors (Lipinski definition) is 6. The van der Waals surface area contributed by atoms with Crippen LogP contribution in [0.25, 0.3) is 11.3 Å². The zero-order valence-corrected chi connectivity index (χ0v) is 15.6. The van der Waals surface area contributed by atoms with Crippen molar-refractivity contribution < 1.29 is 13.2 Å². The molecule has 1 N–H and O–H groups in total. The van der Waals surface area contributed by atoms with E-state index < -0.39 is 15.9 Å². The molecule has 0 radical (unpaired) electrons. The molecule has 10 heteroatoms. The van der Waals surface area contributed by atoms with Crippen LogP contribution in [0.15, 0.2) is 65.8 Å². The molecule has 0 unspecified atom stereocenters. The molecule has 0 saturated heterocycles. The number of halogens is 1. The second kappa shape index (κ2) is 7.68. The van der Waals surface area contributed by atoms with Crippen LogP contribution >= 0.6 is 11.6 Å². The second-order valence-electron chi connectivity index (χ2n) is 5.56. The van der Waals surface area contributed by atoms with Gasteiger partial charge < -0.3 is 0 Å². The van der Waals surface area contributed by atoms with Crippen LogP contribution in [-0.4, -0.2) is 34.5 Å². The first-order chi connectivity index (χ1) is 12.8. The maximum atomic E-state index is 12.5. The van der Waals surface area contributed by atoms with Gasteiger partial charge in [-0.05, 0) is 58.8 Å². The van der Waals surface area contributed by atoms with Crippen molar-refractivity contribution in [1.29, 1.82) is 0 Å². The molecule has 3 aromatic rings. The number of benzene rings is 2. The van der Waals surface area contributed by atoms with Gasteiger partial charge in [-0.25, -0.2) is 17.8 Å². The van der Waals surface area contributed by atoms with E-state index in [-0.39, 0.29) is 4.90 Å². The first-order valence-corrected chi connectivity index (χ1v) is 9.56. The van der Waals surface area contributed by atoms with Gasteiger partial charge in [0.1, 0.15) is 6.33 Å². The molecule has 1 aromatic heterocycles. The van der Waals surface area contributed by atoms with Crippen molar-refractivity contribution in [2.24, 2.45) is 0 Å². The van der Waals surface area contributed by atoms with Crippen LogP contribution in [0.4, 0.5) is 0 Å². The zero-order valence-electron chi connectivity index (χ0n) is 14.1. The van der Waals surface area contributed by atoms with Gasteiger partial charge in [-0.15, -0.1) is 5.10 Å². The van der Waals surface area contributed by atoms with Gasteiger partial charge in [0, 0.05) is 11.1 Å². The summed E-state index contributed by atoms with van der Waals surface area (Å²) in [6.45, 7) is 1.69. The lowest BCUT2D eigenvalue weighted by molar-refractivity contribution is -0.114. The minimum Gasteiger partial charge on any atom is -0.269 e. The Hall–Kier alpha value is -3.04. The van der Waals surface area contributed by atoms with E-state index in [0.29, 0.717) is 16.3 Å². The van der Waals surface area contributed by atoms with Crippen LogP contribution in [0.3, 0.4) is 0 Å². The molecule has 2 aromatic carbocycles. The average Bonchev–Trinajstić information content (AvgIpc) is 3.16. The van der Waals surface area contributed by atoms with Crippen molar-refractivity contribution in [3.05, 3.63) is 71.5 Å². The third kappa shape index (κ3) is 4.57. The normalized spacial score (nSPS) is 12.0. The Labute approximate surface area is 160 Å². The van der Waals surface area contributed by atoms with Crippen LogP contribution in [0.1, 0.15) is 12.5 Å². The third-order valence-corrected chi connectivity index (χ3v) is 5.18. The Balaban J connectivity index is 1.81. The molecular formula is C17H14ClN5O3S. The summed E-state index contributed by atoms with van der Waals surface area (Å²) < 4.78 is 28.3. The lowest BCUT2D eigenvalue weighted by Crippen LogP contribution is -2.29. The van der Waals surface area contributed by atoms with Gasteiger partial charge in [-0.2, -0.15) is 0 Å². The van der Waals surface area contributed by atoms with Crippen LogP contribution in [0.5, 0.6) is 0 Å². The monoisotopic (exact) mass is 403 g/mol. The van der Waals surface area contributed by atoms with Crippen LogP contribution < -0.4 is 4.72 Å². The van der Waals surface area contributed by atoms with E-state index in [9.17, 15) is 13.2 Å². The number of amides is 1. The first-order valence-electron chi connectivity index (χ1n) is 7.69. The zero-order chi connectivity index (χ0) is 19.4. The highest BCUT2D eigenvalue weighted by Crippen LogP contribution is 2.18. The molecule has 0 aliphatic rings. The second-order valence-corrected chi connectivity index (χ2v) is 7.68. The molecule has 0 bridgehead atoms. The Bertz CT molecular complexity index is 1110. The maximum absolute atomic E-state index is 12.5. The number of aromatic nitrogens is 4. The molecule has 3 rings (SSSR count). The molecule has 0 atom stereocenters. The van der Waals surface area contributed by atoms with Crippen LogP contribution in [-0.2, 0) is 14.8 Å². The summed E-state index contributed by atoms with van der Waals surface area (Å²) in [6, 6.07) is 12.8. The first kappa shape index (κ1) is 18.7. The summed E-state index contributed by atoms with van der Waals surface area (Å²) in [7, 11) is -4.06. The molecule has 27 heavy (non-hydrogen) atoms. The molecule has 0 fully saturated rings. The highest BCUT2D eigenvalue weighted by Gasteiger charge is 2.17. The predicted molar refractivity (Wildman–Crippen MR) is 99.6 cm³/mol. The number of nitrogens with zero attached hydrogens (tertiary/aromatic N) is 4. The van der Waals surface area contributed by atoms with E-state index in [1.54, 1.807) is 37.3 Å². The molecule has 0 aliphatic heterocycles. The van der Waals surface area contributed by atoms with Gasteiger partial charge in [0.05, 0.1) is 10.6 Å². The number of tetrazole rings is 1. The van der Waals surface area contributed by atoms with Crippen molar-refractivity contribution in [3.63, 3.8) is 0 Å². The van der Waals surface area contributed by atoms with Gasteiger partial charge >= 0.3 is 0 Å². The Morgan fingerprint density at radius 2 is 1.96 bits per heavy atom. The average molecular weight is 404 g/mol. The summed E-state index contributed by atoms with van der Waals surface area (Å²) in [6.07, 6.45) is 2.54. The van der Waals surface area contributed by atoms with Crippen molar-refractivity contribution in [2.75, 3.05) is 0 Å². The molecule has 0 spiro atoms. The highest BCUT2D eigenvalue weighted by molar-refractivity contribution is 7.90. The number of sulfonamides is 1. The minimum absolute atomic E-state index is 0.0855. The summed E-state index contributed by atoms with van der Waals surface area (Å²) in [4.78, 5) is 12.1. The van der Waals surface area contributed by atoms with E-state index in [1.807, 2.05) is 4.72 Å². The number of carbonyl (C=O) groups excluding carboxylic acids is 1. The van der Waals surface area contributed by atoms with E-state index in [0.717, 1.165) is 5.56 Å². The third-order valence-electron chi connectivity index (χ3n) is 3.60. The van der Waals surface area contributed by atoms with E-state index in [4.69, 9.17) is 11.6 Å². The van der Waals surface area contributed by atoms with Gasteiger partial charge in [-0.1, -0.05) is 29.8 Å². The van der Waals surface area contributed by atoms with E-state index in [2.05, 4.69) is 15.5 Å². The Kier molecular flexibility index (Phi) is 5.33. The fourth-order valence-electron chi connectivity index (χ4n) is 2.31. The SMILES string of the molecule is C/C(=C\C(=O)NS(=O)(=O)c1cccc(-n2cnnn2)c1)c1cccc(Cl)c1. The predicted octanol–water partition coefficient (Wildman–Crippen LogP) is 2.22. The lowest BCUT2D eigenvalue weighted by atomic mass is 10.1. The van der Waals surface area contributed by atoms with Crippen molar-refractivity contribution in [2.45, 2.75) is 11.8 Å². The standard InChI is InChI=1S/C17H14ClN5O3S/c1-12(13-4-2-5-14(18)9-13)8-17(24)20-27(25,26)16-7-3-6-15(10-16)23-11-19-21-22-23/h2-11H,1H3,(H,20,24)/b12-8+. The van der Waals surface area contributed by atoms with Crippen LogP contribution in [0, 0.1) is 0 Å². The molecule has 1 amide bonds. The molecule has 0 aliphatic carbocycles. The van der Waals surface area contributed by atoms with E-state index in [1.165, 1.54) is 35.3 Å². The summed E-state index contributed by atoms with van der Waals surface area (Å²) in [5.41, 5.74) is 1.74. The number of carbonyl (C=O) groups is 1. The lowest BCUT2D eigenvalue weighted by Gasteiger charge is -2.08. The summed E-state index contributed by atoms with van der Waals surface area (Å²) >= 11 is 5.93. The smallest absolute Gasteiger partial charge is 0.264 e. The number of allylic oxidation sites excluding steroid dienone is 1. The molecule has 8 nitrogen and oxygen atoms in total. The maximum Gasteiger partial charge on any atom is 0.264 e. The van der Waals surface area contributed by atoms with Gasteiger partial charge in [-0.3, -0.25) is 4.79 Å². The largest absolute Gasteiger partial charge is 0.269 e. The van der Waals surface area contributed by atoms with Crippen LogP contribution in [0.2, 0.25) is 5.02 Å². The minimum atomic E-state index is -4.06. The fraction of sp³-hybridized carbons (Fsp3) is 0.0588. The molecule has 138 valence electrons. The van der Waals surface area contributed by atoms with Gasteiger partial charge in [0.25, 0.3) is 15.9 Å². The van der Waals surface area contributed by atoms with Gasteiger partial charge in [0.2, 0.25) is 0 Å². The summed E-state index contributed by atoms with van der Waals surface area (Å²) in [5, 5.41) is 11.2. The quantitative estimate of drug-likeness (QED) is 0.654. The Morgan fingerprint density at radius 3 is 2.67 bits per heavy atom. The fourth-order valence-corrected chi connectivity index (χ4v) is 3.47. The van der Waals surface area contributed by atoms with Crippen molar-refractivity contribution in [1.82, 2.24) is 24.9 Å². The number of rotatable bonds is 5. The topological polar surface area (TPSA) is 107 Å².